The van der Waals surface area contributed by atoms with Crippen LogP contribution in [0.15, 0.2) is 23.3 Å². The highest BCUT2D eigenvalue weighted by molar-refractivity contribution is 6.12. The molecule has 15 heavy (non-hydrogen) atoms. The van der Waals surface area contributed by atoms with Crippen LogP contribution in [0.25, 0.3) is 0 Å². The van der Waals surface area contributed by atoms with Crippen LogP contribution in [0.3, 0.4) is 0 Å². The number of nitrogens with zero attached hydrogens (tertiary/aromatic N) is 2. The van der Waals surface area contributed by atoms with Gasteiger partial charge in [0, 0.05) is 5.71 Å². The van der Waals surface area contributed by atoms with E-state index >= 15 is 0 Å². The Labute approximate surface area is 89.4 Å². The number of benzene rings is 1. The fourth-order valence-electron chi connectivity index (χ4n) is 1.61. The van der Waals surface area contributed by atoms with Crippen LogP contribution in [0.5, 0.6) is 0 Å². The molecule has 0 fully saturated rings. The summed E-state index contributed by atoms with van der Waals surface area (Å²) < 4.78 is 0. The predicted molar refractivity (Wildman–Crippen MR) is 61.1 cm³/mol. The molecule has 0 N–H and O–H groups in total. The van der Waals surface area contributed by atoms with Crippen molar-refractivity contribution in [3.8, 4) is 0 Å². The zero-order valence-corrected chi connectivity index (χ0v) is 9.24. The van der Waals surface area contributed by atoms with Crippen molar-refractivity contribution in [1.29, 1.82) is 0 Å². The third kappa shape index (κ3) is 1.77. The highest BCUT2D eigenvalue weighted by Crippen LogP contribution is 2.22. The van der Waals surface area contributed by atoms with E-state index in [0.717, 1.165) is 11.4 Å². The second-order valence-corrected chi connectivity index (χ2v) is 3.99. The fraction of sp³-hybridized carbons (Fsp3) is 0.333. The fourth-order valence-corrected chi connectivity index (χ4v) is 1.61. The Balaban J connectivity index is 2.38. The summed E-state index contributed by atoms with van der Waals surface area (Å²) in [5.41, 5.74) is 4.14. The van der Waals surface area contributed by atoms with Crippen molar-refractivity contribution in [2.24, 2.45) is 5.10 Å². The van der Waals surface area contributed by atoms with Crippen molar-refractivity contribution in [3.05, 3.63) is 29.3 Å². The smallest absolute Gasteiger partial charge is 0.253 e. The van der Waals surface area contributed by atoms with Crippen LogP contribution in [0.4, 0.5) is 5.69 Å². The first-order valence-corrected chi connectivity index (χ1v) is 5.02. The van der Waals surface area contributed by atoms with E-state index in [1.165, 1.54) is 16.1 Å². The van der Waals surface area contributed by atoms with Crippen LogP contribution < -0.4 is 5.01 Å². The van der Waals surface area contributed by atoms with E-state index in [1.807, 2.05) is 32.0 Å². The highest BCUT2D eigenvalue weighted by atomic mass is 16.2. The topological polar surface area (TPSA) is 32.7 Å². The number of anilines is 1. The molecule has 0 unspecified atom stereocenters. The number of hydrogen-bond donors (Lipinski definition) is 0. The van der Waals surface area contributed by atoms with Crippen molar-refractivity contribution in [1.82, 2.24) is 0 Å². The van der Waals surface area contributed by atoms with Crippen molar-refractivity contribution < 1.29 is 4.79 Å². The SMILES string of the molecule is CC1=NN(c2ccc(C)c(C)c2)C(=O)C1. The van der Waals surface area contributed by atoms with Gasteiger partial charge in [0.05, 0.1) is 12.1 Å². The summed E-state index contributed by atoms with van der Waals surface area (Å²) >= 11 is 0. The molecule has 1 aromatic rings. The van der Waals surface area contributed by atoms with Crippen molar-refractivity contribution in [3.63, 3.8) is 0 Å². The van der Waals surface area contributed by atoms with Crippen molar-refractivity contribution >= 4 is 17.3 Å². The van der Waals surface area contributed by atoms with Gasteiger partial charge in [-0.3, -0.25) is 4.79 Å². The van der Waals surface area contributed by atoms with E-state index in [0.29, 0.717) is 6.42 Å². The molecule has 1 heterocycles. The summed E-state index contributed by atoms with van der Waals surface area (Å²) in [5.74, 6) is 0.0516. The summed E-state index contributed by atoms with van der Waals surface area (Å²) in [4.78, 5) is 11.6. The number of amides is 1. The van der Waals surface area contributed by atoms with Gasteiger partial charge in [-0.1, -0.05) is 6.07 Å². The Bertz CT molecular complexity index is 449. The maximum Gasteiger partial charge on any atom is 0.253 e. The number of aryl methyl sites for hydroxylation is 2. The molecule has 1 aromatic carbocycles. The Kier molecular flexibility index (Phi) is 2.31. The second-order valence-electron chi connectivity index (χ2n) is 3.99. The van der Waals surface area contributed by atoms with E-state index in [-0.39, 0.29) is 5.91 Å². The maximum absolute atomic E-state index is 11.6. The van der Waals surface area contributed by atoms with Gasteiger partial charge in [0.1, 0.15) is 0 Å². The number of hydrogen-bond acceptors (Lipinski definition) is 2. The number of carbonyl (C=O) groups is 1. The van der Waals surface area contributed by atoms with Gasteiger partial charge in [0.2, 0.25) is 0 Å². The summed E-state index contributed by atoms with van der Waals surface area (Å²) in [5, 5.41) is 5.70. The van der Waals surface area contributed by atoms with Crippen LogP contribution in [0, 0.1) is 13.8 Å². The first-order valence-electron chi connectivity index (χ1n) is 5.02. The number of carbonyl (C=O) groups excluding carboxylic acids is 1. The van der Waals surface area contributed by atoms with Gasteiger partial charge in [-0.15, -0.1) is 0 Å². The molecule has 1 amide bonds. The molecule has 3 heteroatoms. The lowest BCUT2D eigenvalue weighted by molar-refractivity contribution is -0.116. The van der Waals surface area contributed by atoms with E-state index in [1.54, 1.807) is 0 Å². The van der Waals surface area contributed by atoms with Crippen molar-refractivity contribution in [2.45, 2.75) is 27.2 Å². The molecule has 0 radical (unpaired) electrons. The Morgan fingerprint density at radius 2 is 1.93 bits per heavy atom. The standard InChI is InChI=1S/C12H14N2O/c1-8-4-5-11(6-9(8)2)14-12(15)7-10(3)13-14/h4-6H,7H2,1-3H3. The molecule has 0 aromatic heterocycles. The lowest BCUT2D eigenvalue weighted by Gasteiger charge is -2.13. The second kappa shape index (κ2) is 3.50. The summed E-state index contributed by atoms with van der Waals surface area (Å²) in [6, 6.07) is 5.94. The third-order valence-electron chi connectivity index (χ3n) is 2.65. The molecule has 2 rings (SSSR count). The van der Waals surface area contributed by atoms with Crippen molar-refractivity contribution in [2.75, 3.05) is 5.01 Å². The highest BCUT2D eigenvalue weighted by Gasteiger charge is 2.22. The lowest BCUT2D eigenvalue weighted by Crippen LogP contribution is -2.19. The van der Waals surface area contributed by atoms with Gasteiger partial charge >= 0.3 is 0 Å². The molecular weight excluding hydrogens is 188 g/mol. The van der Waals surface area contributed by atoms with Gasteiger partial charge in [0.25, 0.3) is 5.91 Å². The molecule has 0 saturated heterocycles. The van der Waals surface area contributed by atoms with Crippen LogP contribution in [0.1, 0.15) is 24.5 Å². The molecule has 78 valence electrons. The van der Waals surface area contributed by atoms with E-state index in [4.69, 9.17) is 0 Å². The average molecular weight is 202 g/mol. The minimum Gasteiger partial charge on any atom is -0.272 e. The zero-order valence-electron chi connectivity index (χ0n) is 9.24. The molecule has 1 aliphatic rings. The van der Waals surface area contributed by atoms with Crippen LogP contribution in [0.2, 0.25) is 0 Å². The largest absolute Gasteiger partial charge is 0.272 e. The van der Waals surface area contributed by atoms with Gasteiger partial charge < -0.3 is 0 Å². The molecule has 0 spiro atoms. The molecule has 0 saturated carbocycles. The minimum absolute atomic E-state index is 0.0516. The first kappa shape index (κ1) is 9.90. The van der Waals surface area contributed by atoms with Gasteiger partial charge in [-0.25, -0.2) is 5.01 Å². The normalized spacial score (nSPS) is 15.8. The third-order valence-corrected chi connectivity index (χ3v) is 2.65. The van der Waals surface area contributed by atoms with E-state index < -0.39 is 0 Å². The van der Waals surface area contributed by atoms with Crippen LogP contribution >= 0.6 is 0 Å². The van der Waals surface area contributed by atoms with Gasteiger partial charge in [0.15, 0.2) is 0 Å². The molecule has 0 aliphatic carbocycles. The molecule has 1 aliphatic heterocycles. The monoisotopic (exact) mass is 202 g/mol. The molecule has 0 bridgehead atoms. The number of rotatable bonds is 1. The Morgan fingerprint density at radius 1 is 1.20 bits per heavy atom. The molecule has 3 nitrogen and oxygen atoms in total. The lowest BCUT2D eigenvalue weighted by atomic mass is 10.1. The predicted octanol–water partition coefficient (Wildman–Crippen LogP) is 2.42. The maximum atomic E-state index is 11.6. The van der Waals surface area contributed by atoms with E-state index in [2.05, 4.69) is 12.0 Å². The Morgan fingerprint density at radius 3 is 2.47 bits per heavy atom. The molecular formula is C12H14N2O. The zero-order chi connectivity index (χ0) is 11.0. The minimum atomic E-state index is 0.0516. The Hall–Kier alpha value is -1.64. The quantitative estimate of drug-likeness (QED) is 0.688. The summed E-state index contributed by atoms with van der Waals surface area (Å²) in [6.07, 6.45) is 0.437. The first-order chi connectivity index (χ1) is 7.08. The average Bonchev–Trinajstić information content (AvgIpc) is 2.50. The van der Waals surface area contributed by atoms with E-state index in [9.17, 15) is 4.79 Å². The van der Waals surface area contributed by atoms with Crippen LogP contribution in [-0.4, -0.2) is 11.6 Å². The molecule has 0 atom stereocenters. The summed E-state index contributed by atoms with van der Waals surface area (Å²) in [6.45, 7) is 5.97. The van der Waals surface area contributed by atoms with Gasteiger partial charge in [-0.2, -0.15) is 5.10 Å². The van der Waals surface area contributed by atoms with Gasteiger partial charge in [-0.05, 0) is 44.0 Å². The van der Waals surface area contributed by atoms with Crippen LogP contribution in [-0.2, 0) is 4.79 Å². The number of hydrazone groups is 1. The summed E-state index contributed by atoms with van der Waals surface area (Å²) in [7, 11) is 0.